The average Bonchev–Trinajstić information content (AvgIpc) is 2.61. The third-order valence-corrected chi connectivity index (χ3v) is 2.97. The molecule has 0 saturated carbocycles. The lowest BCUT2D eigenvalue weighted by atomic mass is 10.1. The molecule has 0 fully saturated rings. The van der Waals surface area contributed by atoms with Crippen LogP contribution in [-0.4, -0.2) is 23.6 Å². The van der Waals surface area contributed by atoms with E-state index in [2.05, 4.69) is 43.3 Å². The van der Waals surface area contributed by atoms with Crippen LogP contribution in [0.3, 0.4) is 0 Å². The van der Waals surface area contributed by atoms with Gasteiger partial charge in [-0.25, -0.2) is 4.98 Å². The Hall–Kier alpha value is -0.870. The van der Waals surface area contributed by atoms with Crippen molar-refractivity contribution in [2.45, 2.75) is 6.42 Å². The molecule has 0 aliphatic rings. The first-order chi connectivity index (χ1) is 6.81. The molecule has 3 nitrogen and oxygen atoms in total. The van der Waals surface area contributed by atoms with Crippen LogP contribution in [0.5, 0.6) is 0 Å². The highest BCUT2D eigenvalue weighted by molar-refractivity contribution is 9.10. The second-order valence-electron chi connectivity index (χ2n) is 3.22. The van der Waals surface area contributed by atoms with Gasteiger partial charge in [0.05, 0.1) is 17.4 Å². The number of rotatable bonds is 3. The first kappa shape index (κ1) is 9.68. The standard InChI is InChI=1S/C10H12BrN3/c1-12-3-2-7-4-9-10(5-8(7)11)14-6-13-9/h4-6,12H,2-3H2,1H3,(H,13,14). The molecule has 1 aromatic heterocycles. The van der Waals surface area contributed by atoms with Gasteiger partial charge < -0.3 is 10.3 Å². The summed E-state index contributed by atoms with van der Waals surface area (Å²) in [7, 11) is 1.96. The van der Waals surface area contributed by atoms with Gasteiger partial charge in [0.2, 0.25) is 0 Å². The van der Waals surface area contributed by atoms with Crippen molar-refractivity contribution < 1.29 is 0 Å². The molecule has 74 valence electrons. The van der Waals surface area contributed by atoms with E-state index < -0.39 is 0 Å². The minimum absolute atomic E-state index is 0.984. The highest BCUT2D eigenvalue weighted by Crippen LogP contribution is 2.22. The Kier molecular flexibility index (Phi) is 2.84. The molecule has 0 bridgehead atoms. The van der Waals surface area contributed by atoms with Crippen LogP contribution in [0, 0.1) is 0 Å². The lowest BCUT2D eigenvalue weighted by Gasteiger charge is -2.03. The van der Waals surface area contributed by atoms with Crippen LogP contribution in [0.15, 0.2) is 22.9 Å². The van der Waals surface area contributed by atoms with Crippen molar-refractivity contribution in [2.24, 2.45) is 0 Å². The van der Waals surface area contributed by atoms with Gasteiger partial charge in [-0.15, -0.1) is 0 Å². The number of likely N-dealkylation sites (N-methyl/N-ethyl adjacent to an activating group) is 1. The van der Waals surface area contributed by atoms with Crippen LogP contribution in [0.25, 0.3) is 11.0 Å². The normalized spacial score (nSPS) is 11.0. The number of H-pyrrole nitrogens is 1. The highest BCUT2D eigenvalue weighted by Gasteiger charge is 2.03. The molecule has 0 unspecified atom stereocenters. The van der Waals surface area contributed by atoms with E-state index in [1.807, 2.05) is 7.05 Å². The summed E-state index contributed by atoms with van der Waals surface area (Å²) in [6.45, 7) is 0.984. The summed E-state index contributed by atoms with van der Waals surface area (Å²) in [5.74, 6) is 0. The number of nitrogens with zero attached hydrogens (tertiary/aromatic N) is 1. The molecule has 0 aliphatic heterocycles. The minimum Gasteiger partial charge on any atom is -0.345 e. The second-order valence-corrected chi connectivity index (χ2v) is 4.07. The summed E-state index contributed by atoms with van der Waals surface area (Å²) < 4.78 is 1.13. The summed E-state index contributed by atoms with van der Waals surface area (Å²) in [6.07, 6.45) is 2.74. The second kappa shape index (κ2) is 4.11. The van der Waals surface area contributed by atoms with Crippen molar-refractivity contribution in [1.82, 2.24) is 15.3 Å². The van der Waals surface area contributed by atoms with E-state index in [-0.39, 0.29) is 0 Å². The van der Waals surface area contributed by atoms with Crippen LogP contribution in [0.1, 0.15) is 5.56 Å². The van der Waals surface area contributed by atoms with Gasteiger partial charge in [0.15, 0.2) is 0 Å². The molecule has 0 atom stereocenters. The van der Waals surface area contributed by atoms with Gasteiger partial charge >= 0.3 is 0 Å². The number of fused-ring (bicyclic) bond motifs is 1. The molecule has 2 aromatic rings. The van der Waals surface area contributed by atoms with Crippen molar-refractivity contribution in [3.63, 3.8) is 0 Å². The first-order valence-electron chi connectivity index (χ1n) is 4.57. The number of aromatic amines is 1. The van der Waals surface area contributed by atoms with E-state index in [1.54, 1.807) is 6.33 Å². The summed E-state index contributed by atoms with van der Waals surface area (Å²) in [6, 6.07) is 4.20. The fourth-order valence-electron chi connectivity index (χ4n) is 1.45. The highest BCUT2D eigenvalue weighted by atomic mass is 79.9. The lowest BCUT2D eigenvalue weighted by Crippen LogP contribution is -2.10. The fraction of sp³-hybridized carbons (Fsp3) is 0.300. The SMILES string of the molecule is CNCCc1cc2[nH]cnc2cc1Br. The number of benzene rings is 1. The van der Waals surface area contributed by atoms with Crippen LogP contribution in [-0.2, 0) is 6.42 Å². The minimum atomic E-state index is 0.984. The van der Waals surface area contributed by atoms with Gasteiger partial charge in [0.25, 0.3) is 0 Å². The summed E-state index contributed by atoms with van der Waals surface area (Å²) in [5, 5.41) is 3.14. The first-order valence-corrected chi connectivity index (χ1v) is 5.36. The Morgan fingerprint density at radius 1 is 1.50 bits per heavy atom. The number of hydrogen-bond acceptors (Lipinski definition) is 2. The van der Waals surface area contributed by atoms with E-state index in [9.17, 15) is 0 Å². The van der Waals surface area contributed by atoms with E-state index in [0.717, 1.165) is 28.5 Å². The molecular weight excluding hydrogens is 242 g/mol. The van der Waals surface area contributed by atoms with Gasteiger partial charge in [-0.1, -0.05) is 15.9 Å². The predicted octanol–water partition coefficient (Wildman–Crippen LogP) is 2.09. The predicted molar refractivity (Wildman–Crippen MR) is 61.4 cm³/mol. The Morgan fingerprint density at radius 2 is 2.36 bits per heavy atom. The van der Waals surface area contributed by atoms with Crippen LogP contribution in [0.2, 0.25) is 0 Å². The maximum absolute atomic E-state index is 4.20. The Bertz CT molecular complexity index is 436. The van der Waals surface area contributed by atoms with Gasteiger partial charge in [0, 0.05) is 4.47 Å². The molecule has 0 aliphatic carbocycles. The molecule has 1 heterocycles. The maximum Gasteiger partial charge on any atom is 0.0931 e. The summed E-state index contributed by atoms with van der Waals surface area (Å²) in [5.41, 5.74) is 3.40. The monoisotopic (exact) mass is 253 g/mol. The summed E-state index contributed by atoms with van der Waals surface area (Å²) in [4.78, 5) is 7.31. The van der Waals surface area contributed by atoms with Crippen molar-refractivity contribution in [3.05, 3.63) is 28.5 Å². The topological polar surface area (TPSA) is 40.7 Å². The molecule has 0 radical (unpaired) electrons. The molecule has 14 heavy (non-hydrogen) atoms. The quantitative estimate of drug-likeness (QED) is 0.880. The molecule has 0 saturated heterocycles. The van der Waals surface area contributed by atoms with Gasteiger partial charge in [-0.3, -0.25) is 0 Å². The number of imidazole rings is 1. The zero-order valence-corrected chi connectivity index (χ0v) is 9.56. The number of hydrogen-bond donors (Lipinski definition) is 2. The Balaban J connectivity index is 2.38. The molecule has 2 N–H and O–H groups in total. The average molecular weight is 254 g/mol. The van der Waals surface area contributed by atoms with Crippen LogP contribution < -0.4 is 5.32 Å². The van der Waals surface area contributed by atoms with Gasteiger partial charge in [0.1, 0.15) is 0 Å². The van der Waals surface area contributed by atoms with Crippen molar-refractivity contribution in [1.29, 1.82) is 0 Å². The number of aromatic nitrogens is 2. The third kappa shape index (κ3) is 1.81. The van der Waals surface area contributed by atoms with E-state index >= 15 is 0 Å². The smallest absolute Gasteiger partial charge is 0.0931 e. The number of halogens is 1. The lowest BCUT2D eigenvalue weighted by molar-refractivity contribution is 0.790. The third-order valence-electron chi connectivity index (χ3n) is 2.23. The zero-order valence-electron chi connectivity index (χ0n) is 7.97. The van der Waals surface area contributed by atoms with E-state index in [1.165, 1.54) is 5.56 Å². The molecule has 0 amide bonds. The van der Waals surface area contributed by atoms with Crippen LogP contribution in [0.4, 0.5) is 0 Å². The molecule has 0 spiro atoms. The molecular formula is C10H12BrN3. The number of nitrogens with one attached hydrogen (secondary N) is 2. The zero-order chi connectivity index (χ0) is 9.97. The van der Waals surface area contributed by atoms with E-state index in [0.29, 0.717) is 0 Å². The van der Waals surface area contributed by atoms with Crippen LogP contribution >= 0.6 is 15.9 Å². The Labute approximate surface area is 91.1 Å². The fourth-order valence-corrected chi connectivity index (χ4v) is 1.98. The Morgan fingerprint density at radius 3 is 3.14 bits per heavy atom. The molecule has 1 aromatic carbocycles. The van der Waals surface area contributed by atoms with Gasteiger partial charge in [-0.2, -0.15) is 0 Å². The van der Waals surface area contributed by atoms with E-state index in [4.69, 9.17) is 0 Å². The van der Waals surface area contributed by atoms with Crippen molar-refractivity contribution >= 4 is 27.0 Å². The van der Waals surface area contributed by atoms with Crippen molar-refractivity contribution in [2.75, 3.05) is 13.6 Å². The largest absolute Gasteiger partial charge is 0.345 e. The van der Waals surface area contributed by atoms with Gasteiger partial charge in [-0.05, 0) is 37.7 Å². The molecule has 2 rings (SSSR count). The molecule has 4 heteroatoms. The summed E-state index contributed by atoms with van der Waals surface area (Å²) >= 11 is 3.55. The van der Waals surface area contributed by atoms with Crippen molar-refractivity contribution in [3.8, 4) is 0 Å². The maximum atomic E-state index is 4.20.